The van der Waals surface area contributed by atoms with Crippen LogP contribution in [-0.2, 0) is 9.53 Å². The molecule has 2 saturated heterocycles. The molecule has 5 heterocycles. The van der Waals surface area contributed by atoms with Crippen LogP contribution in [0.2, 0.25) is 0 Å². The van der Waals surface area contributed by atoms with Gasteiger partial charge in [-0.05, 0) is 25.5 Å². The topological polar surface area (TPSA) is 98.4 Å². The highest BCUT2D eigenvalue weighted by atomic mass is 32.2. The van der Waals surface area contributed by atoms with Crippen LogP contribution in [0.5, 0.6) is 0 Å². The number of rotatable bonds is 5. The van der Waals surface area contributed by atoms with Crippen LogP contribution in [0.3, 0.4) is 0 Å². The molecule has 4 aliphatic heterocycles. The summed E-state index contributed by atoms with van der Waals surface area (Å²) in [7, 11) is 0. The van der Waals surface area contributed by atoms with E-state index in [4.69, 9.17) is 10.5 Å². The van der Waals surface area contributed by atoms with Gasteiger partial charge in [-0.25, -0.2) is 4.98 Å². The van der Waals surface area contributed by atoms with E-state index in [2.05, 4.69) is 44.9 Å². The largest absolute Gasteiger partial charge is 0.384 e. The molecule has 4 aliphatic rings. The quantitative estimate of drug-likeness (QED) is 0.627. The number of aliphatic hydroxyl groups is 1. The van der Waals surface area contributed by atoms with Crippen LogP contribution in [0.25, 0.3) is 0 Å². The number of anilines is 1. The van der Waals surface area contributed by atoms with E-state index in [-0.39, 0.29) is 11.2 Å². The Kier molecular flexibility index (Phi) is 7.06. The van der Waals surface area contributed by atoms with Crippen molar-refractivity contribution in [3.63, 3.8) is 0 Å². The van der Waals surface area contributed by atoms with E-state index in [1.807, 2.05) is 24.0 Å². The second-order valence-electron chi connectivity index (χ2n) is 9.39. The zero-order chi connectivity index (χ0) is 24.5. The van der Waals surface area contributed by atoms with Crippen LogP contribution in [0.1, 0.15) is 24.7 Å². The predicted octanol–water partition coefficient (Wildman–Crippen LogP) is 1.58. The molecule has 5 rings (SSSR count). The smallest absolute Gasteiger partial charge is 0.251 e. The Morgan fingerprint density at radius 2 is 1.97 bits per heavy atom. The number of nitrogen functional groups attached to an aromatic ring is 1. The number of pyridine rings is 1. The van der Waals surface area contributed by atoms with Crippen molar-refractivity contribution >= 4 is 23.5 Å². The lowest BCUT2D eigenvalue weighted by molar-refractivity contribution is -0.141. The number of morpholine rings is 1. The number of amides is 1. The zero-order valence-corrected chi connectivity index (χ0v) is 21.2. The minimum atomic E-state index is -0.941. The van der Waals surface area contributed by atoms with Crippen molar-refractivity contribution in [3.8, 4) is 0 Å². The van der Waals surface area contributed by atoms with Crippen molar-refractivity contribution in [1.29, 1.82) is 0 Å². The van der Waals surface area contributed by atoms with Gasteiger partial charge in [0.2, 0.25) is 0 Å². The Bertz CT molecular complexity index is 1040. The third-order valence-corrected chi connectivity index (χ3v) is 8.42. The molecule has 0 radical (unpaired) electrons. The van der Waals surface area contributed by atoms with Crippen molar-refractivity contribution in [3.05, 3.63) is 58.0 Å². The van der Waals surface area contributed by atoms with Gasteiger partial charge in [0.1, 0.15) is 11.9 Å². The van der Waals surface area contributed by atoms with Crippen LogP contribution in [0.15, 0.2) is 52.5 Å². The molecular formula is C25H34N6O3S. The fraction of sp³-hybridized carbons (Fsp3) is 0.520. The van der Waals surface area contributed by atoms with Crippen LogP contribution in [0.4, 0.5) is 5.82 Å². The van der Waals surface area contributed by atoms with Crippen molar-refractivity contribution in [2.75, 3.05) is 64.9 Å². The number of allylic oxidation sites excluding steroid dienone is 2. The number of hydrogen-bond acceptors (Lipinski definition) is 9. The number of aromatic nitrogens is 1. The maximum atomic E-state index is 12.1. The number of aliphatic hydroxyl groups excluding tert-OH is 1. The summed E-state index contributed by atoms with van der Waals surface area (Å²) in [4.78, 5) is 26.7. The third kappa shape index (κ3) is 5.06. The maximum absolute atomic E-state index is 12.1. The molecule has 0 saturated carbocycles. The molecule has 0 bridgehead atoms. The van der Waals surface area contributed by atoms with E-state index in [1.54, 1.807) is 4.90 Å². The average molecular weight is 499 g/mol. The lowest BCUT2D eigenvalue weighted by Crippen LogP contribution is -2.53. The normalized spacial score (nSPS) is 24.3. The van der Waals surface area contributed by atoms with Crippen molar-refractivity contribution in [1.82, 2.24) is 24.6 Å². The molecule has 2 fully saturated rings. The molecule has 10 heteroatoms. The summed E-state index contributed by atoms with van der Waals surface area (Å²) in [6, 6.07) is 3.93. The summed E-state index contributed by atoms with van der Waals surface area (Å²) in [6.45, 7) is 10.6. The monoisotopic (exact) mass is 498 g/mol. The van der Waals surface area contributed by atoms with E-state index < -0.39 is 6.10 Å². The minimum Gasteiger partial charge on any atom is -0.384 e. The number of carbonyl (C=O) groups is 1. The summed E-state index contributed by atoms with van der Waals surface area (Å²) >= 11 is 1.87. The Hall–Kier alpha value is -2.53. The van der Waals surface area contributed by atoms with Gasteiger partial charge in [0.25, 0.3) is 5.91 Å². The molecule has 1 unspecified atom stereocenters. The van der Waals surface area contributed by atoms with E-state index >= 15 is 0 Å². The number of fused-ring (bicyclic) bond motifs is 1. The first-order valence-electron chi connectivity index (χ1n) is 12.2. The van der Waals surface area contributed by atoms with Gasteiger partial charge in [-0.15, -0.1) is 11.8 Å². The molecule has 0 spiro atoms. The number of thioether (sulfide) groups is 1. The van der Waals surface area contributed by atoms with Gasteiger partial charge in [0, 0.05) is 67.8 Å². The predicted molar refractivity (Wildman–Crippen MR) is 137 cm³/mol. The lowest BCUT2D eigenvalue weighted by atomic mass is 10.0. The molecule has 2 atom stereocenters. The SMILES string of the molecule is CC1=C2SC(c3ccc(N)nc3)C=C2C(N2CCOCC2)=CN1CN1CCN(C(=O)[C@H](C)O)CC1. The first-order chi connectivity index (χ1) is 16.9. The third-order valence-electron chi connectivity index (χ3n) is 7.00. The van der Waals surface area contributed by atoms with Gasteiger partial charge in [-0.1, -0.05) is 12.1 Å². The first-order valence-corrected chi connectivity index (χ1v) is 13.1. The molecule has 0 aliphatic carbocycles. The summed E-state index contributed by atoms with van der Waals surface area (Å²) < 4.78 is 5.62. The van der Waals surface area contributed by atoms with Crippen LogP contribution in [0, 0.1) is 0 Å². The maximum Gasteiger partial charge on any atom is 0.251 e. The fourth-order valence-electron chi connectivity index (χ4n) is 4.92. The first kappa shape index (κ1) is 24.2. The van der Waals surface area contributed by atoms with E-state index in [1.165, 1.54) is 28.8 Å². The van der Waals surface area contributed by atoms with Gasteiger partial charge in [0.15, 0.2) is 0 Å². The summed E-state index contributed by atoms with van der Waals surface area (Å²) in [6.07, 6.45) is 5.58. The molecule has 188 valence electrons. The second kappa shape index (κ2) is 10.2. The molecule has 3 N–H and O–H groups in total. The Morgan fingerprint density at radius 1 is 1.23 bits per heavy atom. The van der Waals surface area contributed by atoms with E-state index in [9.17, 15) is 9.90 Å². The molecule has 0 aromatic carbocycles. The Morgan fingerprint density at radius 3 is 2.63 bits per heavy atom. The number of hydrogen-bond donors (Lipinski definition) is 2. The Labute approximate surface area is 210 Å². The molecule has 9 nitrogen and oxygen atoms in total. The van der Waals surface area contributed by atoms with Crippen LogP contribution < -0.4 is 5.73 Å². The van der Waals surface area contributed by atoms with Gasteiger partial charge in [-0.2, -0.15) is 0 Å². The molecular weight excluding hydrogens is 464 g/mol. The lowest BCUT2D eigenvalue weighted by Gasteiger charge is -2.41. The number of carbonyl (C=O) groups excluding carboxylic acids is 1. The number of nitrogens with two attached hydrogens (primary N) is 1. The standard InChI is InChI=1S/C25H34N6O3S/c1-17-24-20(13-22(35-24)19-3-4-23(26)27-14-19)21(29-9-11-34-12-10-29)15-31(17)16-28-5-7-30(8-6-28)25(33)18(2)32/h3-4,13-15,18,22,32H,5-12,16H2,1-2H3,(H2,26,27)/t18-,22?/m0/s1. The Balaban J connectivity index is 1.36. The van der Waals surface area contributed by atoms with Crippen molar-refractivity contribution < 1.29 is 14.6 Å². The van der Waals surface area contributed by atoms with Gasteiger partial charge in [-0.3, -0.25) is 9.69 Å². The van der Waals surface area contributed by atoms with Crippen LogP contribution >= 0.6 is 11.8 Å². The van der Waals surface area contributed by atoms with E-state index in [0.29, 0.717) is 18.9 Å². The second-order valence-corrected chi connectivity index (χ2v) is 10.5. The number of nitrogens with zero attached hydrogens (tertiary/aromatic N) is 5. The number of ether oxygens (including phenoxy) is 1. The van der Waals surface area contributed by atoms with E-state index in [0.717, 1.165) is 51.6 Å². The highest BCUT2D eigenvalue weighted by molar-refractivity contribution is 8.04. The van der Waals surface area contributed by atoms with Gasteiger partial charge >= 0.3 is 0 Å². The summed E-state index contributed by atoms with van der Waals surface area (Å²) in [5.41, 5.74) is 10.7. The van der Waals surface area contributed by atoms with Crippen molar-refractivity contribution in [2.45, 2.75) is 25.2 Å². The molecule has 1 aromatic heterocycles. The highest BCUT2D eigenvalue weighted by Crippen LogP contribution is 2.52. The highest BCUT2D eigenvalue weighted by Gasteiger charge is 2.35. The molecule has 1 aromatic rings. The zero-order valence-electron chi connectivity index (χ0n) is 20.4. The minimum absolute atomic E-state index is 0.184. The molecule has 35 heavy (non-hydrogen) atoms. The van der Waals surface area contributed by atoms with Crippen LogP contribution in [-0.4, -0.2) is 101 Å². The fourth-order valence-corrected chi connectivity index (χ4v) is 6.24. The number of piperazine rings is 1. The summed E-state index contributed by atoms with van der Waals surface area (Å²) in [5, 5.41) is 9.83. The summed E-state index contributed by atoms with van der Waals surface area (Å²) in [5.74, 6) is 0.350. The van der Waals surface area contributed by atoms with Crippen molar-refractivity contribution in [2.24, 2.45) is 0 Å². The van der Waals surface area contributed by atoms with Gasteiger partial charge in [0.05, 0.1) is 30.8 Å². The molecule has 1 amide bonds. The van der Waals surface area contributed by atoms with Gasteiger partial charge < -0.3 is 30.3 Å². The average Bonchev–Trinajstić information content (AvgIpc) is 3.32.